The van der Waals surface area contributed by atoms with Crippen LogP contribution < -0.4 is 4.90 Å². The van der Waals surface area contributed by atoms with Crippen LogP contribution in [0.5, 0.6) is 0 Å². The van der Waals surface area contributed by atoms with Crippen LogP contribution in [0, 0.1) is 0 Å². The molecule has 1 aliphatic rings. The Morgan fingerprint density at radius 3 is 2.03 bits per heavy atom. The zero-order chi connectivity index (χ0) is 21.1. The summed E-state index contributed by atoms with van der Waals surface area (Å²) in [7, 11) is 1.67. The number of carboxylic acid groups (broad SMARTS) is 1. The fraction of sp³-hybridized carbons (Fsp3) is 0.200. The number of hydrogen-bond acceptors (Lipinski definition) is 3. The molecule has 3 aromatic rings. The second kappa shape index (κ2) is 8.41. The minimum atomic E-state index is -0.824. The number of hydrogen-bond donors (Lipinski definition) is 1. The maximum Gasteiger partial charge on any atom is 0.414 e. The number of ether oxygens (including phenoxy) is 1. The Hall–Kier alpha value is -3.60. The molecule has 0 atom stereocenters. The molecule has 5 nitrogen and oxygen atoms in total. The number of carbonyl (C=O) groups excluding carboxylic acids is 1. The molecule has 0 aliphatic heterocycles. The number of aliphatic carboxylic acids is 1. The summed E-state index contributed by atoms with van der Waals surface area (Å²) < 4.78 is 5.67. The van der Waals surface area contributed by atoms with Crippen LogP contribution in [0.2, 0.25) is 0 Å². The number of fused-ring (bicyclic) bond motifs is 3. The highest BCUT2D eigenvalue weighted by molar-refractivity contribution is 5.87. The number of carboxylic acids is 1. The molecule has 0 spiro atoms. The van der Waals surface area contributed by atoms with Gasteiger partial charge in [-0.3, -0.25) is 9.69 Å². The molecule has 152 valence electrons. The van der Waals surface area contributed by atoms with Crippen molar-refractivity contribution in [1.82, 2.24) is 0 Å². The van der Waals surface area contributed by atoms with Crippen LogP contribution in [0.1, 0.15) is 29.0 Å². The van der Waals surface area contributed by atoms with Crippen molar-refractivity contribution in [1.29, 1.82) is 0 Å². The van der Waals surface area contributed by atoms with E-state index >= 15 is 0 Å². The van der Waals surface area contributed by atoms with Gasteiger partial charge in [0.05, 0.1) is 0 Å². The molecule has 0 unspecified atom stereocenters. The van der Waals surface area contributed by atoms with E-state index in [2.05, 4.69) is 24.3 Å². The third kappa shape index (κ3) is 3.92. The monoisotopic (exact) mass is 401 g/mol. The Morgan fingerprint density at radius 1 is 0.900 bits per heavy atom. The van der Waals surface area contributed by atoms with Gasteiger partial charge in [-0.25, -0.2) is 4.79 Å². The number of carbonyl (C=O) groups is 2. The summed E-state index contributed by atoms with van der Waals surface area (Å²) in [6, 6.07) is 23.8. The lowest BCUT2D eigenvalue weighted by molar-refractivity contribution is -0.136. The van der Waals surface area contributed by atoms with E-state index < -0.39 is 12.1 Å². The third-order valence-electron chi connectivity index (χ3n) is 5.56. The maximum absolute atomic E-state index is 12.7. The van der Waals surface area contributed by atoms with Gasteiger partial charge in [-0.2, -0.15) is 0 Å². The standard InChI is InChI=1S/C25H23NO4/c1-26(18-13-10-17(11-14-18)12-15-24(27)28)25(29)30-16-23-21-8-4-2-6-19(21)20-7-3-5-9-22(20)23/h2-11,13-14,23H,12,15-16H2,1H3,(H,27,28). The molecule has 1 amide bonds. The van der Waals surface area contributed by atoms with E-state index in [1.807, 2.05) is 36.4 Å². The van der Waals surface area contributed by atoms with Gasteiger partial charge in [-0.1, -0.05) is 60.7 Å². The largest absolute Gasteiger partial charge is 0.481 e. The third-order valence-corrected chi connectivity index (χ3v) is 5.56. The Morgan fingerprint density at radius 2 is 1.47 bits per heavy atom. The van der Waals surface area contributed by atoms with Crippen LogP contribution in [0.3, 0.4) is 0 Å². The van der Waals surface area contributed by atoms with Gasteiger partial charge in [0.2, 0.25) is 0 Å². The fourth-order valence-corrected chi connectivity index (χ4v) is 3.93. The Balaban J connectivity index is 1.43. The average Bonchev–Trinajstić information content (AvgIpc) is 3.09. The van der Waals surface area contributed by atoms with Gasteiger partial charge in [0.25, 0.3) is 0 Å². The molecule has 0 saturated carbocycles. The van der Waals surface area contributed by atoms with Crippen LogP contribution in [0.15, 0.2) is 72.8 Å². The van der Waals surface area contributed by atoms with Gasteiger partial charge in [0, 0.05) is 25.1 Å². The number of amides is 1. The highest BCUT2D eigenvalue weighted by Gasteiger charge is 2.29. The molecule has 5 heteroatoms. The molecule has 0 aromatic heterocycles. The summed E-state index contributed by atoms with van der Waals surface area (Å²) in [4.78, 5) is 24.8. The van der Waals surface area contributed by atoms with Crippen molar-refractivity contribution in [2.24, 2.45) is 0 Å². The van der Waals surface area contributed by atoms with Crippen LogP contribution in [-0.4, -0.2) is 30.8 Å². The average molecular weight is 401 g/mol. The summed E-state index contributed by atoms with van der Waals surface area (Å²) in [5.74, 6) is -0.803. The Bertz CT molecular complexity index is 1030. The first-order chi connectivity index (χ1) is 14.5. The van der Waals surface area contributed by atoms with E-state index in [-0.39, 0.29) is 18.9 Å². The number of anilines is 1. The van der Waals surface area contributed by atoms with Crippen molar-refractivity contribution >= 4 is 17.7 Å². The van der Waals surface area contributed by atoms with E-state index in [1.54, 1.807) is 19.2 Å². The molecule has 0 radical (unpaired) electrons. The van der Waals surface area contributed by atoms with Gasteiger partial charge in [0.1, 0.15) is 6.61 Å². The number of rotatable bonds is 6. The van der Waals surface area contributed by atoms with Crippen molar-refractivity contribution in [3.05, 3.63) is 89.5 Å². The van der Waals surface area contributed by atoms with Gasteiger partial charge >= 0.3 is 12.1 Å². The molecule has 0 heterocycles. The molecule has 0 saturated heterocycles. The predicted molar refractivity (Wildman–Crippen MR) is 116 cm³/mol. The number of benzene rings is 3. The zero-order valence-electron chi connectivity index (χ0n) is 16.7. The van der Waals surface area contributed by atoms with E-state index in [1.165, 1.54) is 27.2 Å². The van der Waals surface area contributed by atoms with Gasteiger partial charge in [-0.15, -0.1) is 0 Å². The summed E-state index contributed by atoms with van der Waals surface area (Å²) in [6.07, 6.45) is 0.126. The molecule has 1 N–H and O–H groups in total. The van der Waals surface area contributed by atoms with Crippen LogP contribution in [0.25, 0.3) is 11.1 Å². The smallest absolute Gasteiger partial charge is 0.414 e. The molecular formula is C25H23NO4. The Kier molecular flexibility index (Phi) is 5.53. The second-order valence-electron chi connectivity index (χ2n) is 7.42. The van der Waals surface area contributed by atoms with E-state index in [9.17, 15) is 9.59 Å². The van der Waals surface area contributed by atoms with Crippen LogP contribution in [0.4, 0.5) is 10.5 Å². The SMILES string of the molecule is CN(C(=O)OCC1c2ccccc2-c2ccccc21)c1ccc(CCC(=O)O)cc1. The minimum Gasteiger partial charge on any atom is -0.481 e. The Labute approximate surface area is 175 Å². The quantitative estimate of drug-likeness (QED) is 0.625. The van der Waals surface area contributed by atoms with Crippen molar-refractivity contribution in [2.45, 2.75) is 18.8 Å². The first kappa shape index (κ1) is 19.7. The molecule has 0 bridgehead atoms. The summed E-state index contributed by atoms with van der Waals surface area (Å²) >= 11 is 0. The summed E-state index contributed by atoms with van der Waals surface area (Å²) in [5.41, 5.74) is 6.36. The highest BCUT2D eigenvalue weighted by atomic mass is 16.6. The molecule has 1 aliphatic carbocycles. The molecule has 4 rings (SSSR count). The summed E-state index contributed by atoms with van der Waals surface area (Å²) in [6.45, 7) is 0.272. The highest BCUT2D eigenvalue weighted by Crippen LogP contribution is 2.44. The maximum atomic E-state index is 12.7. The lowest BCUT2D eigenvalue weighted by Gasteiger charge is -2.20. The predicted octanol–water partition coefficient (Wildman–Crippen LogP) is 5.09. The van der Waals surface area contributed by atoms with Crippen molar-refractivity contribution in [3.8, 4) is 11.1 Å². The van der Waals surface area contributed by atoms with Gasteiger partial charge in [0.15, 0.2) is 0 Å². The summed E-state index contributed by atoms with van der Waals surface area (Å²) in [5, 5.41) is 8.79. The fourth-order valence-electron chi connectivity index (χ4n) is 3.93. The van der Waals surface area contributed by atoms with Gasteiger partial charge < -0.3 is 9.84 Å². The number of nitrogens with zero attached hydrogens (tertiary/aromatic N) is 1. The number of aryl methyl sites for hydroxylation is 1. The van der Waals surface area contributed by atoms with E-state index in [4.69, 9.17) is 9.84 Å². The first-order valence-electron chi connectivity index (χ1n) is 9.94. The van der Waals surface area contributed by atoms with Crippen molar-refractivity contribution in [2.75, 3.05) is 18.6 Å². The molecular weight excluding hydrogens is 378 g/mol. The second-order valence-corrected chi connectivity index (χ2v) is 7.42. The zero-order valence-corrected chi connectivity index (χ0v) is 16.7. The van der Waals surface area contributed by atoms with Crippen LogP contribution >= 0.6 is 0 Å². The molecule has 30 heavy (non-hydrogen) atoms. The molecule has 3 aromatic carbocycles. The lowest BCUT2D eigenvalue weighted by Crippen LogP contribution is -2.28. The minimum absolute atomic E-state index is 0.0214. The normalized spacial score (nSPS) is 12.2. The first-order valence-corrected chi connectivity index (χ1v) is 9.94. The lowest BCUT2D eigenvalue weighted by atomic mass is 9.98. The topological polar surface area (TPSA) is 66.8 Å². The van der Waals surface area contributed by atoms with E-state index in [0.717, 1.165) is 5.56 Å². The van der Waals surface area contributed by atoms with Crippen molar-refractivity contribution < 1.29 is 19.4 Å². The van der Waals surface area contributed by atoms with Crippen molar-refractivity contribution in [3.63, 3.8) is 0 Å². The van der Waals surface area contributed by atoms with Gasteiger partial charge in [-0.05, 0) is 46.4 Å². The van der Waals surface area contributed by atoms with Crippen LogP contribution in [-0.2, 0) is 16.0 Å². The van der Waals surface area contributed by atoms with E-state index in [0.29, 0.717) is 12.1 Å². The molecule has 0 fully saturated rings.